The summed E-state index contributed by atoms with van der Waals surface area (Å²) < 4.78 is 0. The van der Waals surface area contributed by atoms with Crippen LogP contribution in [-0.2, 0) is 0 Å². The van der Waals surface area contributed by atoms with Gasteiger partial charge < -0.3 is 15.3 Å². The van der Waals surface area contributed by atoms with E-state index in [-0.39, 0.29) is 5.75 Å². The molecule has 1 heterocycles. The summed E-state index contributed by atoms with van der Waals surface area (Å²) in [6, 6.07) is 6.85. The SMILES string of the molecule is CC1=NN=C(N(C)C)C(=N)/C1=C(/C)Nc1cccc(O)c1. The Balaban J connectivity index is 2.36. The quantitative estimate of drug-likeness (QED) is 0.780. The van der Waals surface area contributed by atoms with Crippen molar-refractivity contribution >= 4 is 22.9 Å². The van der Waals surface area contributed by atoms with Gasteiger partial charge in [0.15, 0.2) is 5.84 Å². The number of nitrogens with one attached hydrogen (secondary N) is 2. The van der Waals surface area contributed by atoms with Gasteiger partial charge in [0.1, 0.15) is 11.5 Å². The molecule has 0 fully saturated rings. The molecule has 0 bridgehead atoms. The van der Waals surface area contributed by atoms with E-state index < -0.39 is 0 Å². The summed E-state index contributed by atoms with van der Waals surface area (Å²) in [6.45, 7) is 3.71. The van der Waals surface area contributed by atoms with Crippen molar-refractivity contribution < 1.29 is 5.11 Å². The number of anilines is 1. The molecule has 0 atom stereocenters. The zero-order valence-electron chi connectivity index (χ0n) is 12.6. The van der Waals surface area contributed by atoms with Crippen LogP contribution in [0, 0.1) is 5.41 Å². The fourth-order valence-electron chi connectivity index (χ4n) is 2.15. The highest BCUT2D eigenvalue weighted by Gasteiger charge is 2.23. The normalized spacial score (nSPS) is 17.0. The highest BCUT2D eigenvalue weighted by Crippen LogP contribution is 2.20. The van der Waals surface area contributed by atoms with Crippen LogP contribution in [-0.4, -0.2) is 41.4 Å². The average molecular weight is 285 g/mol. The van der Waals surface area contributed by atoms with Gasteiger partial charge >= 0.3 is 0 Å². The van der Waals surface area contributed by atoms with Crippen molar-refractivity contribution in [2.75, 3.05) is 19.4 Å². The van der Waals surface area contributed by atoms with E-state index in [9.17, 15) is 5.11 Å². The molecule has 0 unspecified atom stereocenters. The number of rotatable bonds is 2. The molecule has 0 amide bonds. The number of phenolic OH excluding ortho intramolecular Hbond substituents is 1. The fourth-order valence-corrected chi connectivity index (χ4v) is 2.15. The molecule has 1 aromatic carbocycles. The summed E-state index contributed by atoms with van der Waals surface area (Å²) in [7, 11) is 3.67. The molecule has 0 saturated carbocycles. The fraction of sp³-hybridized carbons (Fsp3) is 0.267. The summed E-state index contributed by atoms with van der Waals surface area (Å²) in [5.41, 5.74) is 3.29. The van der Waals surface area contributed by atoms with Crippen molar-refractivity contribution in [3.05, 3.63) is 35.5 Å². The maximum Gasteiger partial charge on any atom is 0.176 e. The summed E-state index contributed by atoms with van der Waals surface area (Å²) in [5, 5.41) is 29.2. The minimum atomic E-state index is 0.192. The predicted octanol–water partition coefficient (Wildman–Crippen LogP) is 2.45. The lowest BCUT2D eigenvalue weighted by Crippen LogP contribution is -2.35. The third-order valence-corrected chi connectivity index (χ3v) is 3.11. The first-order valence-corrected chi connectivity index (χ1v) is 6.56. The molecular formula is C15H19N5O. The molecule has 2 rings (SSSR count). The molecule has 1 aliphatic rings. The standard InChI is InChI=1S/C15H19N5O/c1-9(17-11-6-5-7-12(21)8-11)13-10(2)18-19-15(14(13)16)20(3)4/h5-8,16-17,21H,1-4H3/b13-9-,16-14?. The summed E-state index contributed by atoms with van der Waals surface area (Å²) in [6.07, 6.45) is 0. The van der Waals surface area contributed by atoms with Crippen molar-refractivity contribution in [2.45, 2.75) is 13.8 Å². The van der Waals surface area contributed by atoms with Gasteiger partial charge in [-0.3, -0.25) is 5.41 Å². The van der Waals surface area contributed by atoms with E-state index in [2.05, 4.69) is 15.5 Å². The minimum Gasteiger partial charge on any atom is -0.508 e. The third-order valence-electron chi connectivity index (χ3n) is 3.11. The number of hydrogen-bond acceptors (Lipinski definition) is 6. The van der Waals surface area contributed by atoms with E-state index in [1.54, 1.807) is 23.1 Å². The van der Waals surface area contributed by atoms with Crippen LogP contribution < -0.4 is 5.32 Å². The van der Waals surface area contributed by atoms with Crippen LogP contribution in [0.15, 0.2) is 45.7 Å². The number of phenols is 1. The maximum atomic E-state index is 9.51. The summed E-state index contributed by atoms with van der Waals surface area (Å²) >= 11 is 0. The molecule has 21 heavy (non-hydrogen) atoms. The smallest absolute Gasteiger partial charge is 0.176 e. The van der Waals surface area contributed by atoms with Crippen molar-refractivity contribution in [3.63, 3.8) is 0 Å². The molecule has 0 saturated heterocycles. The monoisotopic (exact) mass is 285 g/mol. The lowest BCUT2D eigenvalue weighted by molar-refractivity contribution is 0.475. The van der Waals surface area contributed by atoms with Gasteiger partial charge in [0.05, 0.1) is 5.71 Å². The van der Waals surface area contributed by atoms with Crippen molar-refractivity contribution in [1.29, 1.82) is 5.41 Å². The van der Waals surface area contributed by atoms with E-state index in [1.807, 2.05) is 34.0 Å². The molecular weight excluding hydrogens is 266 g/mol. The van der Waals surface area contributed by atoms with Gasteiger partial charge in [-0.05, 0) is 26.0 Å². The van der Waals surface area contributed by atoms with E-state index in [4.69, 9.17) is 5.41 Å². The zero-order valence-corrected chi connectivity index (χ0v) is 12.6. The van der Waals surface area contributed by atoms with Crippen molar-refractivity contribution in [2.24, 2.45) is 10.2 Å². The van der Waals surface area contributed by atoms with Crippen LogP contribution in [0.1, 0.15) is 13.8 Å². The molecule has 110 valence electrons. The Morgan fingerprint density at radius 2 is 2.00 bits per heavy atom. The first-order chi connectivity index (χ1) is 9.90. The van der Waals surface area contributed by atoms with E-state index in [1.165, 1.54) is 0 Å². The van der Waals surface area contributed by atoms with Gasteiger partial charge in [-0.2, -0.15) is 5.10 Å². The molecule has 6 nitrogen and oxygen atoms in total. The van der Waals surface area contributed by atoms with Crippen molar-refractivity contribution in [3.8, 4) is 5.75 Å². The highest BCUT2D eigenvalue weighted by molar-refractivity contribution is 6.53. The Labute approximate surface area is 124 Å². The lowest BCUT2D eigenvalue weighted by atomic mass is 10.0. The van der Waals surface area contributed by atoms with Gasteiger partial charge in [-0.15, -0.1) is 5.10 Å². The molecule has 0 radical (unpaired) electrons. The van der Waals surface area contributed by atoms with Gasteiger partial charge in [-0.1, -0.05) is 6.07 Å². The van der Waals surface area contributed by atoms with Crippen molar-refractivity contribution in [1.82, 2.24) is 4.90 Å². The zero-order chi connectivity index (χ0) is 15.6. The van der Waals surface area contributed by atoms with Gasteiger partial charge in [-0.25, -0.2) is 0 Å². The third kappa shape index (κ3) is 3.10. The number of allylic oxidation sites excluding steroid dienone is 1. The van der Waals surface area contributed by atoms with E-state index in [0.717, 1.165) is 17.0 Å². The molecule has 1 aromatic rings. The second-order valence-corrected chi connectivity index (χ2v) is 5.05. The van der Waals surface area contributed by atoms with Gasteiger partial charge in [0.2, 0.25) is 0 Å². The average Bonchev–Trinajstić information content (AvgIpc) is 2.38. The predicted molar refractivity (Wildman–Crippen MR) is 86.4 cm³/mol. The number of aromatic hydroxyl groups is 1. The minimum absolute atomic E-state index is 0.192. The van der Waals surface area contributed by atoms with Crippen LogP contribution in [0.3, 0.4) is 0 Å². The summed E-state index contributed by atoms with van der Waals surface area (Å²) in [4.78, 5) is 1.76. The Morgan fingerprint density at radius 1 is 1.29 bits per heavy atom. The van der Waals surface area contributed by atoms with E-state index >= 15 is 0 Å². The molecule has 0 aliphatic carbocycles. The maximum absolute atomic E-state index is 9.51. The number of amidine groups is 1. The highest BCUT2D eigenvalue weighted by atomic mass is 16.3. The first kappa shape index (κ1) is 14.8. The van der Waals surface area contributed by atoms with Crippen LogP contribution >= 0.6 is 0 Å². The van der Waals surface area contributed by atoms with Crippen LogP contribution in [0.5, 0.6) is 5.75 Å². The number of hydrogen-bond donors (Lipinski definition) is 3. The van der Waals surface area contributed by atoms with Gasteiger partial charge in [0, 0.05) is 37.1 Å². The molecule has 1 aliphatic heterocycles. The van der Waals surface area contributed by atoms with Crippen LogP contribution in [0.2, 0.25) is 0 Å². The molecule has 0 aromatic heterocycles. The Hall–Kier alpha value is -2.63. The number of nitrogens with zero attached hydrogens (tertiary/aromatic N) is 3. The molecule has 0 spiro atoms. The lowest BCUT2D eigenvalue weighted by Gasteiger charge is -2.22. The van der Waals surface area contributed by atoms with Gasteiger partial charge in [0.25, 0.3) is 0 Å². The van der Waals surface area contributed by atoms with Crippen LogP contribution in [0.4, 0.5) is 5.69 Å². The topological polar surface area (TPSA) is 84.1 Å². The second-order valence-electron chi connectivity index (χ2n) is 5.05. The number of benzene rings is 1. The van der Waals surface area contributed by atoms with E-state index in [0.29, 0.717) is 17.3 Å². The Bertz CT molecular complexity index is 670. The first-order valence-electron chi connectivity index (χ1n) is 6.56. The Kier molecular flexibility index (Phi) is 4.07. The molecule has 3 N–H and O–H groups in total. The Morgan fingerprint density at radius 3 is 2.62 bits per heavy atom. The molecule has 6 heteroatoms. The van der Waals surface area contributed by atoms with Crippen LogP contribution in [0.25, 0.3) is 0 Å². The second kappa shape index (κ2) is 5.78. The summed E-state index contributed by atoms with van der Waals surface area (Å²) in [5.74, 6) is 0.713. The largest absolute Gasteiger partial charge is 0.508 e.